The molecule has 4 heteroatoms. The first-order chi connectivity index (χ1) is 9.56. The lowest BCUT2D eigenvalue weighted by Gasteiger charge is -2.29. The van der Waals surface area contributed by atoms with E-state index in [9.17, 15) is 9.18 Å². The Morgan fingerprint density at radius 3 is 2.55 bits per heavy atom. The van der Waals surface area contributed by atoms with Crippen LogP contribution in [0.1, 0.15) is 28.9 Å². The maximum Gasteiger partial charge on any atom is 0.153 e. The SMILES string of the molecule is CC(c1ccccc1F)N(C)c1cccc(Cl)c1C=O. The molecule has 0 spiro atoms. The van der Waals surface area contributed by atoms with Crippen LogP contribution in [0.4, 0.5) is 10.1 Å². The Bertz CT molecular complexity index is 630. The molecule has 0 bridgehead atoms. The molecule has 1 atom stereocenters. The van der Waals surface area contributed by atoms with Crippen LogP contribution in [0.2, 0.25) is 5.02 Å². The van der Waals surface area contributed by atoms with Gasteiger partial charge in [0.05, 0.1) is 16.6 Å². The van der Waals surface area contributed by atoms with Crippen molar-refractivity contribution in [3.63, 3.8) is 0 Å². The zero-order valence-electron chi connectivity index (χ0n) is 11.3. The van der Waals surface area contributed by atoms with Gasteiger partial charge in [-0.15, -0.1) is 0 Å². The molecule has 1 unspecified atom stereocenters. The van der Waals surface area contributed by atoms with Gasteiger partial charge in [-0.3, -0.25) is 4.79 Å². The Balaban J connectivity index is 2.41. The fraction of sp³-hybridized carbons (Fsp3) is 0.188. The normalized spacial score (nSPS) is 12.0. The molecule has 0 heterocycles. The predicted molar refractivity (Wildman–Crippen MR) is 80.1 cm³/mol. The number of carbonyl (C=O) groups excluding carboxylic acids is 1. The third-order valence-electron chi connectivity index (χ3n) is 3.46. The minimum atomic E-state index is -0.262. The van der Waals surface area contributed by atoms with Gasteiger partial charge in [0.2, 0.25) is 0 Å². The van der Waals surface area contributed by atoms with Crippen molar-refractivity contribution in [1.82, 2.24) is 0 Å². The van der Waals surface area contributed by atoms with E-state index in [1.807, 2.05) is 18.9 Å². The monoisotopic (exact) mass is 291 g/mol. The van der Waals surface area contributed by atoms with Gasteiger partial charge in [-0.1, -0.05) is 35.9 Å². The van der Waals surface area contributed by atoms with E-state index in [4.69, 9.17) is 11.6 Å². The Labute approximate surface area is 122 Å². The van der Waals surface area contributed by atoms with Crippen LogP contribution in [0.3, 0.4) is 0 Å². The first kappa shape index (κ1) is 14.5. The summed E-state index contributed by atoms with van der Waals surface area (Å²) in [5.74, 6) is -0.262. The van der Waals surface area contributed by atoms with E-state index in [-0.39, 0.29) is 11.9 Å². The third-order valence-corrected chi connectivity index (χ3v) is 3.79. The molecule has 104 valence electrons. The molecule has 0 aliphatic heterocycles. The summed E-state index contributed by atoms with van der Waals surface area (Å²) in [5.41, 5.74) is 1.68. The summed E-state index contributed by atoms with van der Waals surface area (Å²) >= 11 is 6.02. The largest absolute Gasteiger partial charge is 0.367 e. The van der Waals surface area contributed by atoms with Crippen LogP contribution < -0.4 is 4.90 Å². The molecule has 2 aromatic rings. The Hall–Kier alpha value is -1.87. The summed E-state index contributed by atoms with van der Waals surface area (Å²) in [7, 11) is 1.82. The van der Waals surface area contributed by atoms with E-state index in [2.05, 4.69) is 0 Å². The molecule has 0 fully saturated rings. The Kier molecular flexibility index (Phi) is 4.40. The number of rotatable bonds is 4. The zero-order valence-corrected chi connectivity index (χ0v) is 12.1. The number of aldehydes is 1. The molecule has 0 amide bonds. The van der Waals surface area contributed by atoms with Gasteiger partial charge < -0.3 is 4.90 Å². The minimum absolute atomic E-state index is 0.214. The highest BCUT2D eigenvalue weighted by molar-refractivity contribution is 6.33. The fourth-order valence-corrected chi connectivity index (χ4v) is 2.40. The van der Waals surface area contributed by atoms with E-state index < -0.39 is 0 Å². The first-order valence-electron chi connectivity index (χ1n) is 6.27. The number of anilines is 1. The standard InChI is InChI=1S/C16H15ClFNO/c1-11(12-6-3-4-8-15(12)18)19(2)16-9-5-7-14(17)13(16)10-20/h3-11H,1-2H3. The van der Waals surface area contributed by atoms with Crippen molar-refractivity contribution >= 4 is 23.6 Å². The second-order valence-corrected chi connectivity index (χ2v) is 5.01. The molecule has 2 rings (SSSR count). The van der Waals surface area contributed by atoms with Crippen LogP contribution in [-0.2, 0) is 0 Å². The molecule has 0 aliphatic carbocycles. The maximum atomic E-state index is 13.9. The van der Waals surface area contributed by atoms with Crippen molar-refractivity contribution in [2.24, 2.45) is 0 Å². The molecular formula is C16H15ClFNO. The summed E-state index contributed by atoms with van der Waals surface area (Å²) in [6.45, 7) is 1.88. The lowest BCUT2D eigenvalue weighted by atomic mass is 10.0. The number of carbonyl (C=O) groups is 1. The lowest BCUT2D eigenvalue weighted by Crippen LogP contribution is -2.23. The number of nitrogens with zero attached hydrogens (tertiary/aromatic N) is 1. The summed E-state index contributed by atoms with van der Waals surface area (Å²) in [4.78, 5) is 13.0. The van der Waals surface area contributed by atoms with Crippen molar-refractivity contribution in [2.75, 3.05) is 11.9 Å². The molecule has 0 radical (unpaired) electrons. The highest BCUT2D eigenvalue weighted by Crippen LogP contribution is 2.31. The molecule has 0 saturated heterocycles. The van der Waals surface area contributed by atoms with Crippen molar-refractivity contribution in [2.45, 2.75) is 13.0 Å². The second-order valence-electron chi connectivity index (χ2n) is 4.60. The maximum absolute atomic E-state index is 13.9. The van der Waals surface area contributed by atoms with Gasteiger partial charge in [-0.2, -0.15) is 0 Å². The van der Waals surface area contributed by atoms with Crippen LogP contribution in [0.5, 0.6) is 0 Å². The molecule has 2 nitrogen and oxygen atoms in total. The third kappa shape index (κ3) is 2.68. The molecule has 0 saturated carbocycles. The van der Waals surface area contributed by atoms with Crippen molar-refractivity contribution < 1.29 is 9.18 Å². The zero-order chi connectivity index (χ0) is 14.7. The molecule has 2 aromatic carbocycles. The van der Waals surface area contributed by atoms with Crippen molar-refractivity contribution in [3.8, 4) is 0 Å². The fourth-order valence-electron chi connectivity index (χ4n) is 2.18. The number of benzene rings is 2. The minimum Gasteiger partial charge on any atom is -0.367 e. The van der Waals surface area contributed by atoms with Gasteiger partial charge in [0.1, 0.15) is 5.82 Å². The van der Waals surface area contributed by atoms with E-state index >= 15 is 0 Å². The Morgan fingerprint density at radius 2 is 1.90 bits per heavy atom. The first-order valence-corrected chi connectivity index (χ1v) is 6.65. The molecule has 0 aliphatic rings. The molecule has 0 aromatic heterocycles. The van der Waals surface area contributed by atoms with Crippen LogP contribution in [-0.4, -0.2) is 13.3 Å². The van der Waals surface area contributed by atoms with E-state index in [0.29, 0.717) is 21.8 Å². The summed E-state index contributed by atoms with van der Waals surface area (Å²) < 4.78 is 13.9. The lowest BCUT2D eigenvalue weighted by molar-refractivity contribution is 0.112. The highest BCUT2D eigenvalue weighted by atomic mass is 35.5. The molecule has 20 heavy (non-hydrogen) atoms. The van der Waals surface area contributed by atoms with E-state index in [1.165, 1.54) is 6.07 Å². The molecular weight excluding hydrogens is 277 g/mol. The topological polar surface area (TPSA) is 20.3 Å². The average molecular weight is 292 g/mol. The van der Waals surface area contributed by atoms with E-state index in [0.717, 1.165) is 6.29 Å². The highest BCUT2D eigenvalue weighted by Gasteiger charge is 2.18. The van der Waals surface area contributed by atoms with Gasteiger partial charge in [0, 0.05) is 18.3 Å². The van der Waals surface area contributed by atoms with Gasteiger partial charge in [0.25, 0.3) is 0 Å². The van der Waals surface area contributed by atoms with Gasteiger partial charge in [-0.05, 0) is 25.1 Å². The summed E-state index contributed by atoms with van der Waals surface area (Å²) in [6, 6.07) is 11.6. The number of hydrogen-bond donors (Lipinski definition) is 0. The van der Waals surface area contributed by atoms with Crippen LogP contribution in [0.15, 0.2) is 42.5 Å². The smallest absolute Gasteiger partial charge is 0.153 e. The van der Waals surface area contributed by atoms with Crippen molar-refractivity contribution in [1.29, 1.82) is 0 Å². The number of hydrogen-bond acceptors (Lipinski definition) is 2. The van der Waals surface area contributed by atoms with Gasteiger partial charge in [-0.25, -0.2) is 4.39 Å². The van der Waals surface area contributed by atoms with Gasteiger partial charge in [0.15, 0.2) is 6.29 Å². The van der Waals surface area contributed by atoms with Crippen LogP contribution in [0.25, 0.3) is 0 Å². The van der Waals surface area contributed by atoms with Crippen LogP contribution >= 0.6 is 11.6 Å². The molecule has 0 N–H and O–H groups in total. The summed E-state index contributed by atoms with van der Waals surface area (Å²) in [6.07, 6.45) is 0.724. The predicted octanol–water partition coefficient (Wildman–Crippen LogP) is 4.49. The van der Waals surface area contributed by atoms with Gasteiger partial charge >= 0.3 is 0 Å². The number of halogens is 2. The van der Waals surface area contributed by atoms with Crippen molar-refractivity contribution in [3.05, 3.63) is 64.4 Å². The van der Waals surface area contributed by atoms with Crippen LogP contribution in [0, 0.1) is 5.82 Å². The Morgan fingerprint density at radius 1 is 1.20 bits per heavy atom. The second kappa shape index (κ2) is 6.06. The quantitative estimate of drug-likeness (QED) is 0.774. The average Bonchev–Trinajstić information content (AvgIpc) is 2.46. The summed E-state index contributed by atoms with van der Waals surface area (Å²) in [5, 5.41) is 0.394. The van der Waals surface area contributed by atoms with E-state index in [1.54, 1.807) is 36.4 Å².